The summed E-state index contributed by atoms with van der Waals surface area (Å²) < 4.78 is 46.3. The molecule has 0 bridgehead atoms. The Morgan fingerprint density at radius 3 is 2.61 bits per heavy atom. The topological polar surface area (TPSA) is 73.0 Å². The number of furan rings is 1. The smallest absolute Gasteiger partial charge is 0.418 e. The second-order valence-electron chi connectivity index (χ2n) is 6.13. The Hall–Kier alpha value is -2.75. The Morgan fingerprint density at radius 2 is 1.96 bits per heavy atom. The van der Waals surface area contributed by atoms with Crippen molar-refractivity contribution < 1.29 is 22.4 Å². The van der Waals surface area contributed by atoms with Crippen molar-refractivity contribution in [3.63, 3.8) is 0 Å². The lowest BCUT2D eigenvalue weighted by Crippen LogP contribution is -2.18. The van der Waals surface area contributed by atoms with Crippen LogP contribution < -0.4 is 5.32 Å². The number of carbonyl (C=O) groups is 1. The van der Waals surface area contributed by atoms with Gasteiger partial charge in [0.2, 0.25) is 11.7 Å². The van der Waals surface area contributed by atoms with Crippen LogP contribution in [0.4, 0.5) is 18.9 Å². The molecule has 0 radical (unpaired) electrons. The average molecular weight is 410 g/mol. The molecule has 0 saturated carbocycles. The van der Waals surface area contributed by atoms with Crippen LogP contribution in [0.1, 0.15) is 25.5 Å². The van der Waals surface area contributed by atoms with E-state index in [1.165, 1.54) is 24.5 Å². The summed E-state index contributed by atoms with van der Waals surface area (Å²) in [6, 6.07) is 8.32. The van der Waals surface area contributed by atoms with Gasteiger partial charge in [-0.25, -0.2) is 0 Å². The first-order valence-corrected chi connectivity index (χ1v) is 9.33. The van der Waals surface area contributed by atoms with Gasteiger partial charge in [0.05, 0.1) is 23.3 Å². The van der Waals surface area contributed by atoms with Crippen LogP contribution in [-0.4, -0.2) is 26.4 Å². The normalized spacial score (nSPS) is 11.8. The van der Waals surface area contributed by atoms with Crippen LogP contribution in [0.3, 0.4) is 0 Å². The van der Waals surface area contributed by atoms with Gasteiger partial charge in [-0.1, -0.05) is 23.9 Å². The molecule has 3 rings (SSSR count). The monoisotopic (exact) mass is 410 g/mol. The van der Waals surface area contributed by atoms with Gasteiger partial charge in [-0.3, -0.25) is 9.36 Å². The van der Waals surface area contributed by atoms with Crippen molar-refractivity contribution in [1.82, 2.24) is 14.8 Å². The molecule has 2 heterocycles. The van der Waals surface area contributed by atoms with Crippen molar-refractivity contribution in [2.45, 2.75) is 31.2 Å². The van der Waals surface area contributed by atoms with Gasteiger partial charge in [0.25, 0.3) is 0 Å². The van der Waals surface area contributed by atoms with Crippen molar-refractivity contribution in [2.24, 2.45) is 0 Å². The zero-order valence-electron chi connectivity index (χ0n) is 15.0. The molecule has 0 aliphatic rings. The third-order valence-corrected chi connectivity index (χ3v) is 4.70. The maximum absolute atomic E-state index is 13.0. The summed E-state index contributed by atoms with van der Waals surface area (Å²) in [6.07, 6.45) is -3.03. The van der Waals surface area contributed by atoms with Crippen LogP contribution >= 0.6 is 11.8 Å². The van der Waals surface area contributed by atoms with Crippen LogP contribution in [0.5, 0.6) is 0 Å². The second kappa shape index (κ2) is 8.09. The molecular weight excluding hydrogens is 393 g/mol. The molecule has 3 aromatic rings. The van der Waals surface area contributed by atoms with E-state index in [1.807, 2.05) is 13.8 Å². The molecule has 1 amide bonds. The number of hydrogen-bond acceptors (Lipinski definition) is 5. The Kier molecular flexibility index (Phi) is 5.78. The van der Waals surface area contributed by atoms with Crippen molar-refractivity contribution in [3.8, 4) is 11.6 Å². The van der Waals surface area contributed by atoms with Gasteiger partial charge in [-0.15, -0.1) is 10.2 Å². The van der Waals surface area contributed by atoms with E-state index in [0.29, 0.717) is 16.7 Å². The molecule has 0 atom stereocenters. The molecule has 28 heavy (non-hydrogen) atoms. The number of thioether (sulfide) groups is 1. The van der Waals surface area contributed by atoms with Gasteiger partial charge in [0.15, 0.2) is 10.9 Å². The molecule has 10 heteroatoms. The highest BCUT2D eigenvalue weighted by Crippen LogP contribution is 2.35. The number of carbonyl (C=O) groups excluding carboxylic acids is 1. The standard InChI is InChI=1S/C18H17F3N4O2S/c1-11(2)25-16(14-8-5-9-27-14)23-24-17(25)28-10-15(26)22-13-7-4-3-6-12(13)18(19,20)21/h3-9,11H,10H2,1-2H3,(H,22,26). The fourth-order valence-electron chi connectivity index (χ4n) is 2.57. The van der Waals surface area contributed by atoms with E-state index in [0.717, 1.165) is 17.8 Å². The minimum absolute atomic E-state index is 0.00776. The summed E-state index contributed by atoms with van der Waals surface area (Å²) in [5.74, 6) is 0.372. The van der Waals surface area contributed by atoms with Crippen molar-refractivity contribution in [1.29, 1.82) is 0 Å². The van der Waals surface area contributed by atoms with Gasteiger partial charge in [-0.05, 0) is 38.1 Å². The lowest BCUT2D eigenvalue weighted by molar-refractivity contribution is -0.137. The second-order valence-corrected chi connectivity index (χ2v) is 7.07. The first-order valence-electron chi connectivity index (χ1n) is 8.35. The molecule has 148 valence electrons. The van der Waals surface area contributed by atoms with Gasteiger partial charge in [0.1, 0.15) is 0 Å². The van der Waals surface area contributed by atoms with E-state index in [1.54, 1.807) is 16.7 Å². The number of benzene rings is 1. The molecule has 0 unspecified atom stereocenters. The number of aromatic nitrogens is 3. The van der Waals surface area contributed by atoms with E-state index in [-0.39, 0.29) is 17.5 Å². The number of rotatable bonds is 6. The predicted octanol–water partition coefficient (Wildman–Crippen LogP) is 4.87. The van der Waals surface area contributed by atoms with Gasteiger partial charge >= 0.3 is 6.18 Å². The van der Waals surface area contributed by atoms with Crippen LogP contribution in [0.15, 0.2) is 52.2 Å². The summed E-state index contributed by atoms with van der Waals surface area (Å²) in [7, 11) is 0. The fraction of sp³-hybridized carbons (Fsp3) is 0.278. The maximum atomic E-state index is 13.0. The SMILES string of the molecule is CC(C)n1c(SCC(=O)Nc2ccccc2C(F)(F)F)nnc1-c1ccco1. The van der Waals surface area contributed by atoms with Crippen molar-refractivity contribution >= 4 is 23.4 Å². The highest BCUT2D eigenvalue weighted by Gasteiger charge is 2.33. The molecular formula is C18H17F3N4O2S. The lowest BCUT2D eigenvalue weighted by Gasteiger charge is -2.14. The maximum Gasteiger partial charge on any atom is 0.418 e. The number of amides is 1. The number of halogens is 3. The molecule has 0 aliphatic heterocycles. The van der Waals surface area contributed by atoms with Crippen molar-refractivity contribution in [2.75, 3.05) is 11.1 Å². The molecule has 0 saturated heterocycles. The summed E-state index contributed by atoms with van der Waals surface area (Å²) in [4.78, 5) is 12.2. The van der Waals surface area contributed by atoms with Gasteiger partial charge in [0, 0.05) is 6.04 Å². The van der Waals surface area contributed by atoms with E-state index >= 15 is 0 Å². The van der Waals surface area contributed by atoms with Gasteiger partial charge in [-0.2, -0.15) is 13.2 Å². The number of nitrogens with one attached hydrogen (secondary N) is 1. The first kappa shape index (κ1) is 20.0. The Balaban J connectivity index is 1.73. The Morgan fingerprint density at radius 1 is 1.21 bits per heavy atom. The Labute approximate surface area is 163 Å². The summed E-state index contributed by atoms with van der Waals surface area (Å²) >= 11 is 1.09. The number of alkyl halides is 3. The summed E-state index contributed by atoms with van der Waals surface area (Å²) in [5.41, 5.74) is -1.17. The molecule has 0 fully saturated rings. The first-order chi connectivity index (χ1) is 13.3. The summed E-state index contributed by atoms with van der Waals surface area (Å²) in [5, 5.41) is 11.0. The van der Waals surface area contributed by atoms with E-state index in [9.17, 15) is 18.0 Å². The lowest BCUT2D eigenvalue weighted by atomic mass is 10.1. The minimum atomic E-state index is -4.55. The largest absolute Gasteiger partial charge is 0.461 e. The number of hydrogen-bond donors (Lipinski definition) is 1. The van der Waals surface area contributed by atoms with E-state index < -0.39 is 17.6 Å². The summed E-state index contributed by atoms with van der Waals surface area (Å²) in [6.45, 7) is 3.86. The van der Waals surface area contributed by atoms with Crippen LogP contribution in [0.2, 0.25) is 0 Å². The van der Waals surface area contributed by atoms with Crippen LogP contribution in [0, 0.1) is 0 Å². The third kappa shape index (κ3) is 4.38. The Bertz CT molecular complexity index is 952. The van der Waals surface area contributed by atoms with Crippen LogP contribution in [-0.2, 0) is 11.0 Å². The molecule has 0 aliphatic carbocycles. The zero-order chi connectivity index (χ0) is 20.3. The average Bonchev–Trinajstić information content (AvgIpc) is 3.28. The number of para-hydroxylation sites is 1. The van der Waals surface area contributed by atoms with Crippen LogP contribution in [0.25, 0.3) is 11.6 Å². The number of anilines is 1. The molecule has 6 nitrogen and oxygen atoms in total. The minimum Gasteiger partial charge on any atom is -0.461 e. The molecule has 2 aromatic heterocycles. The predicted molar refractivity (Wildman–Crippen MR) is 98.9 cm³/mol. The molecule has 0 spiro atoms. The van der Waals surface area contributed by atoms with Gasteiger partial charge < -0.3 is 9.73 Å². The van der Waals surface area contributed by atoms with E-state index in [2.05, 4.69) is 15.5 Å². The highest BCUT2D eigenvalue weighted by molar-refractivity contribution is 7.99. The molecule has 1 aromatic carbocycles. The number of nitrogens with zero attached hydrogens (tertiary/aromatic N) is 3. The van der Waals surface area contributed by atoms with E-state index in [4.69, 9.17) is 4.42 Å². The quantitative estimate of drug-likeness (QED) is 0.587. The highest BCUT2D eigenvalue weighted by atomic mass is 32.2. The van der Waals surface area contributed by atoms with Crippen molar-refractivity contribution in [3.05, 3.63) is 48.2 Å². The zero-order valence-corrected chi connectivity index (χ0v) is 15.8. The molecule has 1 N–H and O–H groups in total. The third-order valence-electron chi connectivity index (χ3n) is 3.76. The fourth-order valence-corrected chi connectivity index (χ4v) is 3.44.